The number of carbonyl (C=O) groups is 1. The van der Waals surface area contributed by atoms with E-state index in [1.165, 1.54) is 0 Å². The average Bonchev–Trinajstić information content (AvgIpc) is 1.83. The first-order chi connectivity index (χ1) is 5.43. The van der Waals surface area contributed by atoms with Gasteiger partial charge in [-0.05, 0) is 12.3 Å². The Kier molecular flexibility index (Phi) is 5.08. The van der Waals surface area contributed by atoms with Crippen LogP contribution in [0.3, 0.4) is 0 Å². The van der Waals surface area contributed by atoms with Crippen molar-refractivity contribution in [1.82, 2.24) is 0 Å². The maximum absolute atomic E-state index is 10.6. The van der Waals surface area contributed by atoms with Crippen LogP contribution in [-0.4, -0.2) is 25.1 Å². The molecule has 0 aliphatic rings. The Balaban J connectivity index is 4.04. The Hall–Kier alpha value is -0.420. The van der Waals surface area contributed by atoms with Gasteiger partial charge in [0.05, 0.1) is 11.7 Å². The summed E-state index contributed by atoms with van der Waals surface area (Å²) in [7, 11) is 0. The molecule has 2 atom stereocenters. The van der Waals surface area contributed by atoms with E-state index in [2.05, 4.69) is 0 Å². The van der Waals surface area contributed by atoms with E-state index in [1.807, 2.05) is 13.8 Å². The van der Waals surface area contributed by atoms with Crippen LogP contribution in [0.1, 0.15) is 26.7 Å². The van der Waals surface area contributed by atoms with E-state index in [9.17, 15) is 9.00 Å². The number of carboxylic acid groups (broad SMARTS) is 1. The second-order valence-electron chi connectivity index (χ2n) is 3.13. The number of aliphatic carboxylic acids is 1. The molecule has 0 heterocycles. The molecule has 0 radical (unpaired) electrons. The normalized spacial score (nSPS) is 16.0. The van der Waals surface area contributed by atoms with Crippen molar-refractivity contribution in [2.75, 3.05) is 0 Å². The average molecular weight is 194 g/mol. The monoisotopic (exact) mass is 194 g/mol. The van der Waals surface area contributed by atoms with Gasteiger partial charge in [-0.1, -0.05) is 13.8 Å². The maximum Gasteiger partial charge on any atom is 0.304 e. The molecular formula is C7H14O4S. The van der Waals surface area contributed by atoms with Gasteiger partial charge in [0.1, 0.15) is 0 Å². The number of carboxylic acids is 1. The third-order valence-corrected chi connectivity index (χ3v) is 2.35. The summed E-state index contributed by atoms with van der Waals surface area (Å²) in [6.07, 6.45) is 0.233. The van der Waals surface area contributed by atoms with Gasteiger partial charge < -0.3 is 9.66 Å². The molecular weight excluding hydrogens is 180 g/mol. The zero-order valence-corrected chi connectivity index (χ0v) is 8.00. The van der Waals surface area contributed by atoms with E-state index in [4.69, 9.17) is 9.66 Å². The van der Waals surface area contributed by atoms with Gasteiger partial charge in [-0.25, -0.2) is 4.21 Å². The van der Waals surface area contributed by atoms with Crippen molar-refractivity contribution in [2.45, 2.75) is 31.9 Å². The van der Waals surface area contributed by atoms with E-state index in [1.54, 1.807) is 0 Å². The second-order valence-corrected chi connectivity index (χ2v) is 4.34. The zero-order valence-electron chi connectivity index (χ0n) is 7.19. The minimum atomic E-state index is -2.03. The molecule has 0 aromatic rings. The van der Waals surface area contributed by atoms with Gasteiger partial charge in [0.2, 0.25) is 0 Å². The Labute approximate surface area is 74.3 Å². The lowest BCUT2D eigenvalue weighted by molar-refractivity contribution is -0.137. The maximum atomic E-state index is 10.6. The van der Waals surface area contributed by atoms with Crippen LogP contribution < -0.4 is 0 Å². The Morgan fingerprint density at radius 2 is 2.00 bits per heavy atom. The van der Waals surface area contributed by atoms with Gasteiger partial charge in [0.15, 0.2) is 11.1 Å². The van der Waals surface area contributed by atoms with Crippen LogP contribution >= 0.6 is 0 Å². The summed E-state index contributed by atoms with van der Waals surface area (Å²) in [4.78, 5) is 10.3. The summed E-state index contributed by atoms with van der Waals surface area (Å²) in [5.41, 5.74) is 0. The molecule has 0 rings (SSSR count). The van der Waals surface area contributed by atoms with E-state index in [0.29, 0.717) is 6.42 Å². The van der Waals surface area contributed by atoms with Crippen LogP contribution in [0.4, 0.5) is 0 Å². The minimum absolute atomic E-state index is 0.235. The predicted molar refractivity (Wildman–Crippen MR) is 46.3 cm³/mol. The lowest BCUT2D eigenvalue weighted by Crippen LogP contribution is -2.20. The first-order valence-electron chi connectivity index (χ1n) is 3.75. The summed E-state index contributed by atoms with van der Waals surface area (Å²) in [6.45, 7) is 3.78. The molecule has 72 valence electrons. The van der Waals surface area contributed by atoms with Gasteiger partial charge in [-0.15, -0.1) is 0 Å². The summed E-state index contributed by atoms with van der Waals surface area (Å²) >= 11 is -2.03. The van der Waals surface area contributed by atoms with Crippen molar-refractivity contribution in [3.63, 3.8) is 0 Å². The quantitative estimate of drug-likeness (QED) is 0.642. The minimum Gasteiger partial charge on any atom is -0.481 e. The SMILES string of the molecule is CC(C)CC(CC(=O)O)S(=O)O. The topological polar surface area (TPSA) is 74.6 Å². The van der Waals surface area contributed by atoms with E-state index in [-0.39, 0.29) is 12.3 Å². The predicted octanol–water partition coefficient (Wildman–Crippen LogP) is 1.10. The molecule has 0 aromatic carbocycles. The molecule has 0 aliphatic carbocycles. The standard InChI is InChI=1S/C7H14O4S/c1-5(2)3-6(12(10)11)4-7(8)9/h5-6H,3-4H2,1-2H3,(H,8,9)(H,10,11). The van der Waals surface area contributed by atoms with Crippen LogP contribution in [0.2, 0.25) is 0 Å². The van der Waals surface area contributed by atoms with Crippen LogP contribution in [0.5, 0.6) is 0 Å². The van der Waals surface area contributed by atoms with Gasteiger partial charge in [-0.3, -0.25) is 4.79 Å². The van der Waals surface area contributed by atoms with Crippen molar-refractivity contribution in [3.05, 3.63) is 0 Å². The summed E-state index contributed by atoms with van der Waals surface area (Å²) in [6, 6.07) is 0. The lowest BCUT2D eigenvalue weighted by Gasteiger charge is -2.12. The van der Waals surface area contributed by atoms with Gasteiger partial charge >= 0.3 is 5.97 Å². The third kappa shape index (κ3) is 5.26. The van der Waals surface area contributed by atoms with Gasteiger partial charge in [-0.2, -0.15) is 0 Å². The van der Waals surface area contributed by atoms with Crippen molar-refractivity contribution < 1.29 is 18.7 Å². The van der Waals surface area contributed by atoms with Crippen LogP contribution in [0.25, 0.3) is 0 Å². The summed E-state index contributed by atoms with van der Waals surface area (Å²) in [5.74, 6) is -0.784. The highest BCUT2D eigenvalue weighted by atomic mass is 32.2. The highest BCUT2D eigenvalue weighted by molar-refractivity contribution is 7.79. The molecule has 5 heteroatoms. The Morgan fingerprint density at radius 1 is 1.50 bits per heavy atom. The van der Waals surface area contributed by atoms with E-state index in [0.717, 1.165) is 0 Å². The molecule has 0 saturated heterocycles. The fraction of sp³-hybridized carbons (Fsp3) is 0.857. The molecule has 2 N–H and O–H groups in total. The molecule has 12 heavy (non-hydrogen) atoms. The molecule has 0 aliphatic heterocycles. The van der Waals surface area contributed by atoms with Crippen molar-refractivity contribution in [3.8, 4) is 0 Å². The first-order valence-corrected chi connectivity index (χ1v) is 4.92. The zero-order chi connectivity index (χ0) is 9.72. The smallest absolute Gasteiger partial charge is 0.304 e. The molecule has 0 fully saturated rings. The molecule has 2 unspecified atom stereocenters. The van der Waals surface area contributed by atoms with Crippen LogP contribution in [0.15, 0.2) is 0 Å². The summed E-state index contributed by atoms with van der Waals surface area (Å²) < 4.78 is 19.3. The largest absolute Gasteiger partial charge is 0.481 e. The van der Waals surface area contributed by atoms with Crippen LogP contribution in [0, 0.1) is 5.92 Å². The van der Waals surface area contributed by atoms with Crippen molar-refractivity contribution in [2.24, 2.45) is 5.92 Å². The number of hydrogen-bond donors (Lipinski definition) is 2. The molecule has 0 amide bonds. The van der Waals surface area contributed by atoms with Crippen molar-refractivity contribution >= 4 is 17.0 Å². The highest BCUT2D eigenvalue weighted by Gasteiger charge is 2.19. The van der Waals surface area contributed by atoms with Crippen molar-refractivity contribution in [1.29, 1.82) is 0 Å². The van der Waals surface area contributed by atoms with Crippen LogP contribution in [-0.2, 0) is 15.9 Å². The van der Waals surface area contributed by atoms with E-state index < -0.39 is 22.3 Å². The van der Waals surface area contributed by atoms with E-state index >= 15 is 0 Å². The Morgan fingerprint density at radius 3 is 2.25 bits per heavy atom. The molecule has 4 nitrogen and oxygen atoms in total. The molecule has 0 aromatic heterocycles. The lowest BCUT2D eigenvalue weighted by atomic mass is 10.1. The summed E-state index contributed by atoms with van der Waals surface area (Å²) in [5, 5.41) is 7.76. The fourth-order valence-electron chi connectivity index (χ4n) is 0.957. The first kappa shape index (κ1) is 11.6. The number of hydrogen-bond acceptors (Lipinski definition) is 2. The molecule has 0 bridgehead atoms. The molecule has 0 saturated carbocycles. The second kappa shape index (κ2) is 5.27. The fourth-order valence-corrected chi connectivity index (χ4v) is 1.79. The third-order valence-electron chi connectivity index (χ3n) is 1.42. The number of rotatable bonds is 5. The molecule has 0 spiro atoms. The van der Waals surface area contributed by atoms with Gasteiger partial charge in [0, 0.05) is 0 Å². The highest BCUT2D eigenvalue weighted by Crippen LogP contribution is 2.12. The Bertz CT molecular complexity index is 178. The van der Waals surface area contributed by atoms with Gasteiger partial charge in [0.25, 0.3) is 0 Å².